The molecule has 2 fully saturated rings. The molecule has 4 nitrogen and oxygen atoms in total. The second kappa shape index (κ2) is 4.50. The van der Waals surface area contributed by atoms with E-state index < -0.39 is 0 Å². The van der Waals surface area contributed by atoms with Gasteiger partial charge in [-0.15, -0.1) is 0 Å². The number of hydrogen-bond donors (Lipinski definition) is 1. The Balaban J connectivity index is 1.96. The molecule has 2 saturated heterocycles. The van der Waals surface area contributed by atoms with Crippen LogP contribution < -0.4 is 5.73 Å². The van der Waals surface area contributed by atoms with E-state index in [4.69, 9.17) is 19.9 Å². The third kappa shape index (κ3) is 2.99. The van der Waals surface area contributed by atoms with Crippen molar-refractivity contribution in [2.24, 2.45) is 11.7 Å². The summed E-state index contributed by atoms with van der Waals surface area (Å²) < 4.78 is 17.0. The highest BCUT2D eigenvalue weighted by atomic mass is 16.7. The molecule has 2 aliphatic rings. The fourth-order valence-corrected chi connectivity index (χ4v) is 3.20. The molecular weight excluding hydrogens is 218 g/mol. The molecule has 0 spiro atoms. The summed E-state index contributed by atoms with van der Waals surface area (Å²) in [4.78, 5) is 0. The van der Waals surface area contributed by atoms with Crippen molar-refractivity contribution in [3.63, 3.8) is 0 Å². The van der Waals surface area contributed by atoms with E-state index in [0.717, 1.165) is 12.8 Å². The highest BCUT2D eigenvalue weighted by Crippen LogP contribution is 2.44. The molecule has 0 saturated carbocycles. The predicted molar refractivity (Wildman–Crippen MR) is 65.6 cm³/mol. The molecule has 0 aromatic carbocycles. The maximum Gasteiger partial charge on any atom is 0.159 e. The van der Waals surface area contributed by atoms with Gasteiger partial charge in [0.25, 0.3) is 0 Å². The van der Waals surface area contributed by atoms with E-state index in [1.807, 2.05) is 0 Å². The zero-order chi connectivity index (χ0) is 12.7. The monoisotopic (exact) mass is 243 g/mol. The van der Waals surface area contributed by atoms with E-state index in [1.165, 1.54) is 0 Å². The molecule has 100 valence electrons. The fourth-order valence-electron chi connectivity index (χ4n) is 3.20. The maximum atomic E-state index is 6.32. The van der Waals surface area contributed by atoms with Crippen molar-refractivity contribution in [2.45, 2.75) is 64.1 Å². The Labute approximate surface area is 104 Å². The van der Waals surface area contributed by atoms with E-state index in [1.54, 1.807) is 0 Å². The van der Waals surface area contributed by atoms with Crippen molar-refractivity contribution in [1.29, 1.82) is 0 Å². The van der Waals surface area contributed by atoms with Gasteiger partial charge in [-0.1, -0.05) is 0 Å². The molecule has 0 aliphatic carbocycles. The second-order valence-corrected chi connectivity index (χ2v) is 6.35. The Kier molecular flexibility index (Phi) is 3.51. The summed E-state index contributed by atoms with van der Waals surface area (Å²) in [5.74, 6) is 0.352. The van der Waals surface area contributed by atoms with E-state index in [9.17, 15) is 0 Å². The van der Waals surface area contributed by atoms with E-state index in [-0.39, 0.29) is 23.5 Å². The fraction of sp³-hybridized carbons (Fsp3) is 1.00. The lowest BCUT2D eigenvalue weighted by atomic mass is 9.81. The summed E-state index contributed by atoms with van der Waals surface area (Å²) >= 11 is 0. The first-order chi connectivity index (χ1) is 7.80. The summed E-state index contributed by atoms with van der Waals surface area (Å²) in [6.07, 6.45) is 1.63. The molecule has 4 heteroatoms. The Morgan fingerprint density at radius 1 is 1.18 bits per heavy atom. The molecule has 2 N–H and O–H groups in total. The molecule has 0 bridgehead atoms. The second-order valence-electron chi connectivity index (χ2n) is 6.35. The Bertz CT molecular complexity index is 272. The molecule has 0 radical (unpaired) electrons. The molecule has 2 rings (SSSR count). The zero-order valence-corrected chi connectivity index (χ0v) is 11.4. The summed E-state index contributed by atoms with van der Waals surface area (Å²) in [6, 6.07) is 0.0647. The summed E-state index contributed by atoms with van der Waals surface area (Å²) in [5.41, 5.74) is 6.07. The van der Waals surface area contributed by atoms with Crippen LogP contribution in [0.3, 0.4) is 0 Å². The molecular formula is C13H25NO3. The highest BCUT2D eigenvalue weighted by Gasteiger charge is 2.48. The Hall–Kier alpha value is -0.160. The first kappa shape index (κ1) is 13.3. The normalized spacial score (nSPS) is 34.1. The third-order valence-corrected chi connectivity index (χ3v) is 3.82. The van der Waals surface area contributed by atoms with Gasteiger partial charge in [0.1, 0.15) is 0 Å². The van der Waals surface area contributed by atoms with Gasteiger partial charge in [-0.3, -0.25) is 0 Å². The van der Waals surface area contributed by atoms with E-state index in [0.29, 0.717) is 19.1 Å². The van der Waals surface area contributed by atoms with Gasteiger partial charge in [-0.05, 0) is 34.1 Å². The van der Waals surface area contributed by atoms with Crippen LogP contribution in [0.4, 0.5) is 0 Å². The zero-order valence-electron chi connectivity index (χ0n) is 11.4. The van der Waals surface area contributed by atoms with Crippen LogP contribution in [0.2, 0.25) is 0 Å². The third-order valence-electron chi connectivity index (χ3n) is 3.82. The number of nitrogens with two attached hydrogens (primary N) is 1. The standard InChI is InChI=1S/C13H25NO3/c1-12(2)8-9(13(3,4)17-12)10(14)7-11-15-5-6-16-11/h9-11H,5-8,14H2,1-4H3. The average Bonchev–Trinajstić information content (AvgIpc) is 2.71. The minimum absolute atomic E-state index is 0.0647. The van der Waals surface area contributed by atoms with E-state index >= 15 is 0 Å². The van der Waals surface area contributed by atoms with Crippen LogP contribution in [0.25, 0.3) is 0 Å². The molecule has 2 heterocycles. The van der Waals surface area contributed by atoms with Gasteiger partial charge < -0.3 is 19.9 Å². The maximum absolute atomic E-state index is 6.32. The minimum Gasteiger partial charge on any atom is -0.369 e. The van der Waals surface area contributed by atoms with Crippen LogP contribution in [0.5, 0.6) is 0 Å². The van der Waals surface area contributed by atoms with Gasteiger partial charge in [-0.2, -0.15) is 0 Å². The van der Waals surface area contributed by atoms with Crippen molar-refractivity contribution in [1.82, 2.24) is 0 Å². The van der Waals surface area contributed by atoms with Gasteiger partial charge in [0, 0.05) is 18.4 Å². The Morgan fingerprint density at radius 2 is 1.76 bits per heavy atom. The lowest BCUT2D eigenvalue weighted by Crippen LogP contribution is -2.43. The molecule has 0 amide bonds. The van der Waals surface area contributed by atoms with Crippen LogP contribution in [-0.4, -0.2) is 36.7 Å². The van der Waals surface area contributed by atoms with Crippen molar-refractivity contribution in [3.05, 3.63) is 0 Å². The lowest BCUT2D eigenvalue weighted by Gasteiger charge is -2.31. The van der Waals surface area contributed by atoms with Gasteiger partial charge in [0.05, 0.1) is 24.4 Å². The van der Waals surface area contributed by atoms with E-state index in [2.05, 4.69) is 27.7 Å². The van der Waals surface area contributed by atoms with Gasteiger partial charge in [-0.25, -0.2) is 0 Å². The van der Waals surface area contributed by atoms with Crippen LogP contribution in [0, 0.1) is 5.92 Å². The first-order valence-corrected chi connectivity index (χ1v) is 6.49. The summed E-state index contributed by atoms with van der Waals surface area (Å²) in [7, 11) is 0. The van der Waals surface area contributed by atoms with Crippen LogP contribution in [0.15, 0.2) is 0 Å². The topological polar surface area (TPSA) is 53.7 Å². The lowest BCUT2D eigenvalue weighted by molar-refractivity contribution is -0.0846. The number of ether oxygens (including phenoxy) is 3. The first-order valence-electron chi connectivity index (χ1n) is 6.49. The highest BCUT2D eigenvalue weighted by molar-refractivity contribution is 4.98. The van der Waals surface area contributed by atoms with Crippen molar-refractivity contribution >= 4 is 0 Å². The van der Waals surface area contributed by atoms with Crippen molar-refractivity contribution in [2.75, 3.05) is 13.2 Å². The molecule has 17 heavy (non-hydrogen) atoms. The SMILES string of the molecule is CC1(C)CC(C(N)CC2OCCO2)C(C)(C)O1. The number of rotatable bonds is 3. The molecule has 0 aromatic rings. The molecule has 2 atom stereocenters. The summed E-state index contributed by atoms with van der Waals surface area (Å²) in [6.45, 7) is 9.89. The average molecular weight is 243 g/mol. The van der Waals surface area contributed by atoms with Crippen LogP contribution in [-0.2, 0) is 14.2 Å². The molecule has 2 aliphatic heterocycles. The summed E-state index contributed by atoms with van der Waals surface area (Å²) in [5, 5.41) is 0. The Morgan fingerprint density at radius 3 is 2.24 bits per heavy atom. The largest absolute Gasteiger partial charge is 0.369 e. The van der Waals surface area contributed by atoms with Gasteiger partial charge in [0.15, 0.2) is 6.29 Å². The van der Waals surface area contributed by atoms with Gasteiger partial charge in [0.2, 0.25) is 0 Å². The van der Waals surface area contributed by atoms with Crippen molar-refractivity contribution < 1.29 is 14.2 Å². The molecule has 0 aromatic heterocycles. The quantitative estimate of drug-likeness (QED) is 0.819. The van der Waals surface area contributed by atoms with Gasteiger partial charge >= 0.3 is 0 Å². The smallest absolute Gasteiger partial charge is 0.159 e. The van der Waals surface area contributed by atoms with Crippen LogP contribution >= 0.6 is 0 Å². The van der Waals surface area contributed by atoms with Crippen LogP contribution in [0.1, 0.15) is 40.5 Å². The minimum atomic E-state index is -0.165. The molecule has 2 unspecified atom stereocenters. The predicted octanol–water partition coefficient (Wildman–Crippen LogP) is 1.67. The number of hydrogen-bond acceptors (Lipinski definition) is 4. The van der Waals surface area contributed by atoms with Crippen molar-refractivity contribution in [3.8, 4) is 0 Å².